The van der Waals surface area contributed by atoms with Gasteiger partial charge in [0.25, 0.3) is 0 Å². The predicted molar refractivity (Wildman–Crippen MR) is 43.8 cm³/mol. The molecule has 3 heteroatoms. The molecule has 0 bridgehead atoms. The molecule has 1 aliphatic rings. The van der Waals surface area contributed by atoms with Gasteiger partial charge in [-0.1, -0.05) is 12.2 Å². The first-order valence-electron chi connectivity index (χ1n) is 3.44. The molecule has 0 radical (unpaired) electrons. The molecule has 2 heterocycles. The Labute approximate surface area is 64.3 Å². The standard InChI is InChI=1S/C8H8N3/c9-8-3-7-4-10-2-1-6(7)5-11-8/h1-5,8H,9H2/q-1. The number of nitrogens with zero attached hydrogens (tertiary/aromatic N) is 2. The summed E-state index contributed by atoms with van der Waals surface area (Å²) < 4.78 is 0. The van der Waals surface area contributed by atoms with Gasteiger partial charge >= 0.3 is 0 Å². The number of rotatable bonds is 0. The Morgan fingerprint density at radius 1 is 1.45 bits per heavy atom. The second-order valence-electron chi connectivity index (χ2n) is 2.44. The zero-order valence-corrected chi connectivity index (χ0v) is 5.94. The summed E-state index contributed by atoms with van der Waals surface area (Å²) in [6.07, 6.45) is 7.01. The highest BCUT2D eigenvalue weighted by molar-refractivity contribution is 5.51. The molecule has 0 saturated carbocycles. The van der Waals surface area contributed by atoms with Crippen LogP contribution in [0.25, 0.3) is 17.6 Å². The summed E-state index contributed by atoms with van der Waals surface area (Å²) in [5.74, 6) is 0. The molecule has 1 aromatic heterocycles. The van der Waals surface area contributed by atoms with Gasteiger partial charge < -0.3 is 11.1 Å². The minimum Gasteiger partial charge on any atom is -0.673 e. The van der Waals surface area contributed by atoms with Crippen molar-refractivity contribution >= 4 is 12.3 Å². The van der Waals surface area contributed by atoms with E-state index in [2.05, 4.69) is 10.3 Å². The molecule has 2 rings (SSSR count). The molecule has 3 nitrogen and oxygen atoms in total. The molecule has 2 N–H and O–H groups in total. The summed E-state index contributed by atoms with van der Waals surface area (Å²) in [6.45, 7) is 0. The highest BCUT2D eigenvalue weighted by Crippen LogP contribution is 1.96. The van der Waals surface area contributed by atoms with Crippen LogP contribution in [0, 0.1) is 0 Å². The molecule has 0 amide bonds. The summed E-state index contributed by atoms with van der Waals surface area (Å²) in [5.41, 5.74) is 5.57. The third kappa shape index (κ3) is 1.10. The van der Waals surface area contributed by atoms with E-state index in [0.717, 1.165) is 10.4 Å². The first-order chi connectivity index (χ1) is 5.36. The zero-order valence-electron chi connectivity index (χ0n) is 5.94. The topological polar surface area (TPSA) is 53.0 Å². The zero-order chi connectivity index (χ0) is 7.68. The smallest absolute Gasteiger partial charge is 0.0342 e. The average Bonchev–Trinajstić information content (AvgIpc) is 2.04. The lowest BCUT2D eigenvalue weighted by atomic mass is 10.2. The second kappa shape index (κ2) is 2.36. The van der Waals surface area contributed by atoms with Gasteiger partial charge in [-0.15, -0.1) is 0 Å². The monoisotopic (exact) mass is 146 g/mol. The van der Waals surface area contributed by atoms with Crippen LogP contribution in [-0.4, -0.2) is 11.1 Å². The Morgan fingerprint density at radius 3 is 3.27 bits per heavy atom. The molecular formula is C8H8N3-. The van der Waals surface area contributed by atoms with E-state index in [9.17, 15) is 0 Å². The van der Waals surface area contributed by atoms with E-state index >= 15 is 0 Å². The van der Waals surface area contributed by atoms with Crippen LogP contribution in [0.4, 0.5) is 0 Å². The molecule has 1 aliphatic heterocycles. The van der Waals surface area contributed by atoms with Gasteiger partial charge in [0.1, 0.15) is 0 Å². The molecule has 11 heavy (non-hydrogen) atoms. The van der Waals surface area contributed by atoms with E-state index in [4.69, 9.17) is 5.73 Å². The normalized spacial score (nSPS) is 20.6. The third-order valence-corrected chi connectivity index (χ3v) is 1.62. The van der Waals surface area contributed by atoms with Gasteiger partial charge in [-0.25, -0.2) is 0 Å². The van der Waals surface area contributed by atoms with E-state index in [1.807, 2.05) is 12.1 Å². The molecule has 1 atom stereocenters. The van der Waals surface area contributed by atoms with Crippen molar-refractivity contribution in [3.8, 4) is 0 Å². The van der Waals surface area contributed by atoms with Crippen LogP contribution < -0.4 is 16.2 Å². The van der Waals surface area contributed by atoms with Crippen molar-refractivity contribution in [3.05, 3.63) is 34.2 Å². The fraction of sp³-hybridized carbons (Fsp3) is 0.125. The Balaban J connectivity index is 2.73. The van der Waals surface area contributed by atoms with Crippen molar-refractivity contribution in [2.75, 3.05) is 0 Å². The third-order valence-electron chi connectivity index (χ3n) is 1.62. The Kier molecular flexibility index (Phi) is 1.36. The SMILES string of the molecule is NC1C=c2cnccc2=C[N-]1. The lowest BCUT2D eigenvalue weighted by Gasteiger charge is -2.24. The average molecular weight is 146 g/mol. The van der Waals surface area contributed by atoms with Gasteiger partial charge in [0.15, 0.2) is 0 Å². The quantitative estimate of drug-likeness (QED) is 0.524. The van der Waals surface area contributed by atoms with Crippen LogP contribution in [0.3, 0.4) is 0 Å². The maximum atomic E-state index is 5.57. The van der Waals surface area contributed by atoms with E-state index in [-0.39, 0.29) is 6.17 Å². The molecule has 0 aromatic carbocycles. The van der Waals surface area contributed by atoms with E-state index in [1.54, 1.807) is 18.6 Å². The van der Waals surface area contributed by atoms with Gasteiger partial charge in [0, 0.05) is 12.4 Å². The minimum absolute atomic E-state index is 0.202. The Bertz CT molecular complexity index is 369. The van der Waals surface area contributed by atoms with Crippen molar-refractivity contribution in [3.63, 3.8) is 0 Å². The maximum Gasteiger partial charge on any atom is 0.0342 e. The molecule has 0 aliphatic carbocycles. The molecule has 0 fully saturated rings. The van der Waals surface area contributed by atoms with Crippen LogP contribution in [0.1, 0.15) is 0 Å². The number of fused-ring (bicyclic) bond motifs is 1. The van der Waals surface area contributed by atoms with Crippen molar-refractivity contribution in [1.29, 1.82) is 0 Å². The fourth-order valence-corrected chi connectivity index (χ4v) is 1.07. The first-order valence-corrected chi connectivity index (χ1v) is 3.44. The number of pyridine rings is 1. The first kappa shape index (κ1) is 6.37. The summed E-state index contributed by atoms with van der Waals surface area (Å²) in [6, 6.07) is 1.92. The van der Waals surface area contributed by atoms with Gasteiger partial charge in [0.05, 0.1) is 0 Å². The minimum atomic E-state index is -0.202. The van der Waals surface area contributed by atoms with E-state index < -0.39 is 0 Å². The molecule has 1 aromatic rings. The van der Waals surface area contributed by atoms with Crippen LogP contribution in [0.15, 0.2) is 18.5 Å². The van der Waals surface area contributed by atoms with Crippen LogP contribution in [0.2, 0.25) is 0 Å². The second-order valence-corrected chi connectivity index (χ2v) is 2.44. The summed E-state index contributed by atoms with van der Waals surface area (Å²) in [7, 11) is 0. The molecule has 0 saturated heterocycles. The van der Waals surface area contributed by atoms with Crippen molar-refractivity contribution in [1.82, 2.24) is 4.98 Å². The van der Waals surface area contributed by atoms with Gasteiger partial charge in [0.2, 0.25) is 0 Å². The fourth-order valence-electron chi connectivity index (χ4n) is 1.07. The molecular weight excluding hydrogens is 138 g/mol. The summed E-state index contributed by atoms with van der Waals surface area (Å²) in [4.78, 5) is 3.98. The molecule has 1 unspecified atom stereocenters. The van der Waals surface area contributed by atoms with E-state index in [1.165, 1.54) is 0 Å². The lowest BCUT2D eigenvalue weighted by molar-refractivity contribution is 1.03. The number of aromatic nitrogens is 1. The largest absolute Gasteiger partial charge is 0.673 e. The van der Waals surface area contributed by atoms with Crippen LogP contribution in [0.5, 0.6) is 0 Å². The van der Waals surface area contributed by atoms with Crippen molar-refractivity contribution in [2.24, 2.45) is 5.73 Å². The van der Waals surface area contributed by atoms with Gasteiger partial charge in [-0.3, -0.25) is 4.98 Å². The number of nitrogens with two attached hydrogens (primary N) is 1. The van der Waals surface area contributed by atoms with Gasteiger partial charge in [-0.05, 0) is 16.5 Å². The summed E-state index contributed by atoms with van der Waals surface area (Å²) in [5, 5.41) is 6.19. The Morgan fingerprint density at radius 2 is 2.36 bits per heavy atom. The van der Waals surface area contributed by atoms with Gasteiger partial charge in [-0.2, -0.15) is 6.20 Å². The van der Waals surface area contributed by atoms with E-state index in [0.29, 0.717) is 0 Å². The lowest BCUT2D eigenvalue weighted by Crippen LogP contribution is -2.33. The Hall–Kier alpha value is -1.35. The van der Waals surface area contributed by atoms with Crippen molar-refractivity contribution < 1.29 is 0 Å². The highest BCUT2D eigenvalue weighted by Gasteiger charge is 1.88. The van der Waals surface area contributed by atoms with Crippen LogP contribution >= 0.6 is 0 Å². The van der Waals surface area contributed by atoms with Crippen molar-refractivity contribution in [2.45, 2.75) is 6.17 Å². The molecule has 56 valence electrons. The number of hydrogen-bond donors (Lipinski definition) is 1. The van der Waals surface area contributed by atoms with Crippen LogP contribution in [-0.2, 0) is 0 Å². The predicted octanol–water partition coefficient (Wildman–Crippen LogP) is -0.728. The number of hydrogen-bond acceptors (Lipinski definition) is 2. The highest BCUT2D eigenvalue weighted by atomic mass is 15.0. The maximum absolute atomic E-state index is 5.57. The summed E-state index contributed by atoms with van der Waals surface area (Å²) >= 11 is 0. The molecule has 0 spiro atoms.